The van der Waals surface area contributed by atoms with Crippen molar-refractivity contribution >= 4 is 13.8 Å². The summed E-state index contributed by atoms with van der Waals surface area (Å²) in [5.74, 6) is -0.335. The Morgan fingerprint density at radius 2 is 1.02 bits per heavy atom. The first-order valence-electron chi connectivity index (χ1n) is 21.8. The lowest BCUT2D eigenvalue weighted by Gasteiger charge is -2.20. The number of hydrogen-bond donors (Lipinski definition) is 2. The van der Waals surface area contributed by atoms with Crippen molar-refractivity contribution < 1.29 is 32.8 Å². The van der Waals surface area contributed by atoms with Crippen LogP contribution in [0.2, 0.25) is 0 Å². The van der Waals surface area contributed by atoms with Crippen LogP contribution in [0.1, 0.15) is 206 Å². The number of ether oxygens (including phenoxy) is 2. The van der Waals surface area contributed by atoms with E-state index in [2.05, 4.69) is 38.2 Å². The maximum absolute atomic E-state index is 12.6. The number of rotatable bonds is 42. The fraction of sp³-hybridized carbons (Fsp3) is 0.884. The second-order valence-electron chi connectivity index (χ2n) is 14.6. The third kappa shape index (κ3) is 40.2. The molecule has 3 N–H and O–H groups in total. The molecule has 8 nitrogen and oxygen atoms in total. The molecule has 308 valence electrons. The summed E-state index contributed by atoms with van der Waals surface area (Å²) in [5, 5.41) is 0. The van der Waals surface area contributed by atoms with Crippen molar-refractivity contribution in [2.45, 2.75) is 213 Å². The molecule has 0 aliphatic carbocycles. The minimum atomic E-state index is -4.27. The average Bonchev–Trinajstić information content (AvgIpc) is 3.13. The summed E-state index contributed by atoms with van der Waals surface area (Å²) in [5.41, 5.74) is 5.37. The molecule has 0 saturated carbocycles. The Kier molecular flexibility index (Phi) is 40.3. The maximum atomic E-state index is 12.6. The Labute approximate surface area is 321 Å². The summed E-state index contributed by atoms with van der Waals surface area (Å²) in [6.07, 6.45) is 44.7. The van der Waals surface area contributed by atoms with Crippen molar-refractivity contribution in [2.24, 2.45) is 5.73 Å². The lowest BCUT2D eigenvalue weighted by atomic mass is 10.0. The SMILES string of the molecule is CCCCC/C=C\C/C=C\CCCCCCCCCC(=O)O[C@H](COCCCCCCCCCCCCCCCCCC)COP(=O)(O)OCCN. The van der Waals surface area contributed by atoms with E-state index in [1.807, 2.05) is 0 Å². The van der Waals surface area contributed by atoms with E-state index in [4.69, 9.17) is 24.3 Å². The second kappa shape index (κ2) is 41.1. The Bertz CT molecular complexity index is 853. The van der Waals surface area contributed by atoms with Gasteiger partial charge in [0.1, 0.15) is 6.10 Å². The number of nitrogens with two attached hydrogens (primary N) is 1. The molecule has 52 heavy (non-hydrogen) atoms. The zero-order valence-corrected chi connectivity index (χ0v) is 35.0. The highest BCUT2D eigenvalue weighted by Crippen LogP contribution is 2.43. The topological polar surface area (TPSA) is 117 Å². The highest BCUT2D eigenvalue weighted by atomic mass is 31.2. The number of phosphoric ester groups is 1. The number of carbonyl (C=O) groups is 1. The summed E-state index contributed by atoms with van der Waals surface area (Å²) in [4.78, 5) is 22.5. The molecule has 0 aromatic heterocycles. The van der Waals surface area contributed by atoms with Crippen molar-refractivity contribution in [1.82, 2.24) is 0 Å². The first-order chi connectivity index (χ1) is 25.4. The average molecular weight is 758 g/mol. The van der Waals surface area contributed by atoms with Crippen LogP contribution >= 0.6 is 7.82 Å². The van der Waals surface area contributed by atoms with Gasteiger partial charge in [0.2, 0.25) is 0 Å². The number of carbonyl (C=O) groups excluding carboxylic acids is 1. The molecule has 0 bridgehead atoms. The smallest absolute Gasteiger partial charge is 0.457 e. The van der Waals surface area contributed by atoms with E-state index >= 15 is 0 Å². The van der Waals surface area contributed by atoms with Gasteiger partial charge in [-0.2, -0.15) is 0 Å². The summed E-state index contributed by atoms with van der Waals surface area (Å²) in [6.45, 7) is 4.92. The van der Waals surface area contributed by atoms with Crippen LogP contribution in [0.5, 0.6) is 0 Å². The first-order valence-corrected chi connectivity index (χ1v) is 23.3. The lowest BCUT2D eigenvalue weighted by molar-refractivity contribution is -0.154. The molecule has 0 aromatic carbocycles. The van der Waals surface area contributed by atoms with E-state index in [1.165, 1.54) is 141 Å². The Morgan fingerprint density at radius 1 is 0.577 bits per heavy atom. The van der Waals surface area contributed by atoms with Crippen LogP contribution in [0.15, 0.2) is 24.3 Å². The van der Waals surface area contributed by atoms with Gasteiger partial charge in [-0.3, -0.25) is 13.8 Å². The van der Waals surface area contributed by atoms with Crippen LogP contribution in [-0.2, 0) is 27.9 Å². The van der Waals surface area contributed by atoms with Gasteiger partial charge in [0.05, 0.1) is 19.8 Å². The van der Waals surface area contributed by atoms with Crippen molar-refractivity contribution in [3.05, 3.63) is 24.3 Å². The molecule has 0 radical (unpaired) electrons. The van der Waals surface area contributed by atoms with Crippen LogP contribution in [0.25, 0.3) is 0 Å². The number of phosphoric acid groups is 1. The summed E-state index contributed by atoms with van der Waals surface area (Å²) >= 11 is 0. The Hall–Kier alpha value is -1.02. The van der Waals surface area contributed by atoms with Crippen LogP contribution in [0, 0.1) is 0 Å². The van der Waals surface area contributed by atoms with Gasteiger partial charge in [-0.15, -0.1) is 0 Å². The molecular weight excluding hydrogens is 673 g/mol. The zero-order valence-electron chi connectivity index (χ0n) is 34.1. The van der Waals surface area contributed by atoms with Crippen molar-refractivity contribution in [2.75, 3.05) is 33.0 Å². The molecular formula is C43H84NO7P. The number of unbranched alkanes of at least 4 members (excludes halogenated alkanes) is 25. The largest absolute Gasteiger partial charge is 0.472 e. The normalized spacial score (nSPS) is 13.7. The summed E-state index contributed by atoms with van der Waals surface area (Å²) in [6, 6.07) is 0. The van der Waals surface area contributed by atoms with Gasteiger partial charge in [-0.25, -0.2) is 4.57 Å². The van der Waals surface area contributed by atoms with Crippen LogP contribution in [0.4, 0.5) is 0 Å². The molecule has 0 spiro atoms. The predicted octanol–water partition coefficient (Wildman–Crippen LogP) is 12.9. The molecule has 2 atom stereocenters. The highest BCUT2D eigenvalue weighted by molar-refractivity contribution is 7.47. The van der Waals surface area contributed by atoms with Crippen LogP contribution in [0.3, 0.4) is 0 Å². The monoisotopic (exact) mass is 758 g/mol. The quantitative estimate of drug-likeness (QED) is 0.0273. The van der Waals surface area contributed by atoms with E-state index in [0.717, 1.165) is 44.9 Å². The number of allylic oxidation sites excluding steroid dienone is 4. The number of hydrogen-bond acceptors (Lipinski definition) is 7. The van der Waals surface area contributed by atoms with Gasteiger partial charge in [-0.05, 0) is 44.9 Å². The maximum Gasteiger partial charge on any atom is 0.472 e. The summed E-state index contributed by atoms with van der Waals surface area (Å²) < 4.78 is 33.4. The zero-order chi connectivity index (χ0) is 38.1. The molecule has 0 amide bonds. The third-order valence-corrected chi connectivity index (χ3v) is 10.4. The van der Waals surface area contributed by atoms with Crippen molar-refractivity contribution in [1.29, 1.82) is 0 Å². The lowest BCUT2D eigenvalue weighted by Crippen LogP contribution is -2.28. The van der Waals surface area contributed by atoms with Gasteiger partial charge in [0, 0.05) is 19.6 Å². The molecule has 0 saturated heterocycles. The highest BCUT2D eigenvalue weighted by Gasteiger charge is 2.25. The molecule has 0 rings (SSSR count). The Balaban J connectivity index is 4.02. The first kappa shape index (κ1) is 51.0. The Morgan fingerprint density at radius 3 is 1.54 bits per heavy atom. The molecule has 0 fully saturated rings. The standard InChI is InChI=1S/C43H84NO7P/c1-3-5-7-9-11-13-15-17-19-21-22-24-26-28-30-32-34-36-43(45)51-42(41-50-52(46,47)49-39-37-44)40-48-38-35-33-31-29-27-25-23-20-18-16-14-12-10-8-6-4-2/h11,13,17,19,42H,3-10,12,14-16,18,20-41,44H2,1-2H3,(H,46,47)/b13-11-,19-17-/t42-/m1/s1. The molecule has 1 unspecified atom stereocenters. The van der Waals surface area contributed by atoms with Crippen LogP contribution in [-0.4, -0.2) is 49.9 Å². The van der Waals surface area contributed by atoms with Gasteiger partial charge in [-0.1, -0.05) is 179 Å². The molecule has 0 aliphatic rings. The van der Waals surface area contributed by atoms with E-state index in [9.17, 15) is 14.3 Å². The minimum absolute atomic E-state index is 0.0951. The molecule has 9 heteroatoms. The number of esters is 1. The van der Waals surface area contributed by atoms with Crippen LogP contribution < -0.4 is 5.73 Å². The van der Waals surface area contributed by atoms with Gasteiger partial charge in [0.15, 0.2) is 0 Å². The fourth-order valence-electron chi connectivity index (χ4n) is 6.14. The summed E-state index contributed by atoms with van der Waals surface area (Å²) in [7, 11) is -4.27. The minimum Gasteiger partial charge on any atom is -0.457 e. The van der Waals surface area contributed by atoms with Gasteiger partial charge >= 0.3 is 13.8 Å². The molecule has 0 aromatic rings. The van der Waals surface area contributed by atoms with Crippen molar-refractivity contribution in [3.8, 4) is 0 Å². The van der Waals surface area contributed by atoms with Gasteiger partial charge in [0.25, 0.3) is 0 Å². The second-order valence-corrected chi connectivity index (χ2v) is 16.0. The van der Waals surface area contributed by atoms with E-state index in [0.29, 0.717) is 13.0 Å². The molecule has 0 heterocycles. The predicted molar refractivity (Wildman–Crippen MR) is 220 cm³/mol. The van der Waals surface area contributed by atoms with E-state index in [-0.39, 0.29) is 32.3 Å². The van der Waals surface area contributed by atoms with E-state index < -0.39 is 13.9 Å². The third-order valence-electron chi connectivity index (χ3n) is 9.37. The van der Waals surface area contributed by atoms with E-state index in [1.54, 1.807) is 0 Å². The van der Waals surface area contributed by atoms with Gasteiger partial charge < -0.3 is 20.1 Å². The fourth-order valence-corrected chi connectivity index (χ4v) is 6.91. The van der Waals surface area contributed by atoms with Crippen molar-refractivity contribution in [3.63, 3.8) is 0 Å². The molecule has 0 aliphatic heterocycles.